The molecule has 1 heterocycles. The van der Waals surface area contributed by atoms with E-state index in [0.29, 0.717) is 32.7 Å². The van der Waals surface area contributed by atoms with Crippen molar-refractivity contribution in [2.24, 2.45) is 5.73 Å². The van der Waals surface area contributed by atoms with Crippen LogP contribution in [0.3, 0.4) is 0 Å². The summed E-state index contributed by atoms with van der Waals surface area (Å²) in [6.07, 6.45) is -15.1. The monoisotopic (exact) mass is 500 g/mol. The van der Waals surface area contributed by atoms with Crippen LogP contribution in [0.15, 0.2) is 0 Å². The van der Waals surface area contributed by atoms with Crippen LogP contribution in [0.25, 0.3) is 0 Å². The second-order valence-electron chi connectivity index (χ2n) is 8.25. The molecule has 1 saturated heterocycles. The minimum atomic E-state index is -2.10. The predicted molar refractivity (Wildman–Crippen MR) is 116 cm³/mol. The van der Waals surface area contributed by atoms with Gasteiger partial charge in [0, 0.05) is 39.3 Å². The van der Waals surface area contributed by atoms with Crippen LogP contribution < -0.4 is 21.7 Å². The van der Waals surface area contributed by atoms with Crippen molar-refractivity contribution in [1.82, 2.24) is 16.0 Å². The summed E-state index contributed by atoms with van der Waals surface area (Å²) < 4.78 is 10.6. The van der Waals surface area contributed by atoms with Gasteiger partial charge in [-0.3, -0.25) is 4.79 Å². The van der Waals surface area contributed by atoms with Crippen molar-refractivity contribution in [2.45, 2.75) is 61.5 Å². The van der Waals surface area contributed by atoms with Crippen molar-refractivity contribution in [3.63, 3.8) is 0 Å². The summed E-state index contributed by atoms with van der Waals surface area (Å²) in [5, 5.41) is 88.3. The Kier molecular flexibility index (Phi) is 13.8. The van der Waals surface area contributed by atoms with Gasteiger partial charge in [-0.25, -0.2) is 0 Å². The summed E-state index contributed by atoms with van der Waals surface area (Å²) in [6.45, 7) is 2.42. The molecule has 9 unspecified atom stereocenters. The molecule has 0 aromatic rings. The number of ether oxygens (including phenoxy) is 2. The average molecular weight is 501 g/mol. The van der Waals surface area contributed by atoms with E-state index in [2.05, 4.69) is 16.0 Å². The van der Waals surface area contributed by atoms with Gasteiger partial charge in [-0.15, -0.1) is 0 Å². The molecule has 1 aliphatic rings. The molecule has 15 nitrogen and oxygen atoms in total. The number of carbonyl (C=O) groups is 1. The number of rotatable bonds is 16. The maximum atomic E-state index is 12.2. The van der Waals surface area contributed by atoms with E-state index in [9.17, 15) is 45.6 Å². The highest BCUT2D eigenvalue weighted by Gasteiger charge is 2.52. The summed E-state index contributed by atoms with van der Waals surface area (Å²) in [4.78, 5) is 12.2. The molecule has 13 N–H and O–H groups in total. The Balaban J connectivity index is 2.70. The Morgan fingerprint density at radius 3 is 2.18 bits per heavy atom. The predicted octanol–water partition coefficient (Wildman–Crippen LogP) is -7.11. The third-order valence-corrected chi connectivity index (χ3v) is 5.46. The highest BCUT2D eigenvalue weighted by molar-refractivity contribution is 5.81. The van der Waals surface area contributed by atoms with Gasteiger partial charge in [0.25, 0.3) is 5.91 Å². The van der Waals surface area contributed by atoms with Crippen molar-refractivity contribution in [2.75, 3.05) is 52.5 Å². The van der Waals surface area contributed by atoms with Crippen molar-refractivity contribution in [3.8, 4) is 0 Å². The van der Waals surface area contributed by atoms with Crippen LogP contribution in [-0.4, -0.2) is 154 Å². The van der Waals surface area contributed by atoms with E-state index in [1.54, 1.807) is 0 Å². The summed E-state index contributed by atoms with van der Waals surface area (Å²) in [7, 11) is 0. The topological polar surface area (TPSA) is 259 Å². The first-order valence-corrected chi connectivity index (χ1v) is 11.1. The van der Waals surface area contributed by atoms with Crippen LogP contribution in [0.1, 0.15) is 6.92 Å². The maximum Gasteiger partial charge on any atom is 0.251 e. The van der Waals surface area contributed by atoms with Crippen LogP contribution in [0.4, 0.5) is 0 Å². The maximum absolute atomic E-state index is 12.2. The average Bonchev–Trinajstić information content (AvgIpc) is 2.84. The van der Waals surface area contributed by atoms with E-state index in [4.69, 9.17) is 15.2 Å². The smallest absolute Gasteiger partial charge is 0.251 e. The zero-order valence-electron chi connectivity index (χ0n) is 19.2. The number of amides is 1. The normalized spacial score (nSPS) is 31.0. The number of aliphatic hydroxyl groups excluding tert-OH is 8. The second kappa shape index (κ2) is 15.1. The van der Waals surface area contributed by atoms with Crippen molar-refractivity contribution < 1.29 is 55.1 Å². The van der Waals surface area contributed by atoms with Crippen molar-refractivity contribution in [1.29, 1.82) is 0 Å². The van der Waals surface area contributed by atoms with Gasteiger partial charge in [0.2, 0.25) is 0 Å². The number of aliphatic hydroxyl groups is 8. The molecular formula is C19H40N4O11. The third kappa shape index (κ3) is 8.56. The van der Waals surface area contributed by atoms with Crippen LogP contribution in [0.5, 0.6) is 0 Å². The lowest BCUT2D eigenvalue weighted by molar-refractivity contribution is -0.353. The molecule has 0 spiro atoms. The summed E-state index contributed by atoms with van der Waals surface area (Å²) in [6, 6.07) is 0. The van der Waals surface area contributed by atoms with E-state index in [1.165, 1.54) is 6.92 Å². The Morgan fingerprint density at radius 2 is 1.62 bits per heavy atom. The molecule has 9 atom stereocenters. The summed E-state index contributed by atoms with van der Waals surface area (Å²) in [5.74, 6) is -0.991. The van der Waals surface area contributed by atoms with Gasteiger partial charge in [0.1, 0.15) is 42.2 Å². The summed E-state index contributed by atoms with van der Waals surface area (Å²) in [5.41, 5.74) is 3.58. The van der Waals surface area contributed by atoms with Crippen LogP contribution >= 0.6 is 0 Å². The first-order chi connectivity index (χ1) is 16.0. The lowest BCUT2D eigenvalue weighted by Gasteiger charge is -2.47. The van der Waals surface area contributed by atoms with Crippen molar-refractivity contribution >= 4 is 5.91 Å². The molecule has 1 rings (SSSR count). The van der Waals surface area contributed by atoms with Gasteiger partial charge >= 0.3 is 0 Å². The fourth-order valence-electron chi connectivity index (χ4n) is 3.25. The molecule has 202 valence electrons. The Morgan fingerprint density at radius 1 is 1.03 bits per heavy atom. The highest BCUT2D eigenvalue weighted by Crippen LogP contribution is 2.31. The molecule has 0 aromatic heterocycles. The Hall–Kier alpha value is -1.05. The first-order valence-electron chi connectivity index (χ1n) is 11.1. The van der Waals surface area contributed by atoms with Gasteiger partial charge < -0.3 is 72.0 Å². The fourth-order valence-corrected chi connectivity index (χ4v) is 3.25. The molecule has 34 heavy (non-hydrogen) atoms. The molecule has 0 saturated carbocycles. The molecule has 0 aromatic carbocycles. The van der Waals surface area contributed by atoms with Crippen LogP contribution in [-0.2, 0) is 14.3 Å². The fraction of sp³-hybridized carbons (Fsp3) is 0.947. The zero-order valence-corrected chi connectivity index (χ0v) is 19.2. The molecule has 1 amide bonds. The SMILES string of the molecule is CC1(CO)OC(OC(C(O)CO)C(O)C(O)C(=O)NCCNCCNCCN)C(O)C(O)C1O. The Labute approximate surface area is 197 Å². The molecule has 0 radical (unpaired) electrons. The van der Waals surface area contributed by atoms with Crippen LogP contribution in [0.2, 0.25) is 0 Å². The molecule has 15 heteroatoms. The van der Waals surface area contributed by atoms with Gasteiger partial charge in [0.05, 0.1) is 13.2 Å². The van der Waals surface area contributed by atoms with Gasteiger partial charge in [-0.2, -0.15) is 0 Å². The lowest BCUT2D eigenvalue weighted by atomic mass is 9.89. The van der Waals surface area contributed by atoms with Crippen LogP contribution in [0, 0.1) is 0 Å². The number of hydrogen-bond donors (Lipinski definition) is 12. The minimum absolute atomic E-state index is 0.108. The van der Waals surface area contributed by atoms with Gasteiger partial charge in [0.15, 0.2) is 12.4 Å². The quantitative estimate of drug-likeness (QED) is 0.0879. The highest BCUT2D eigenvalue weighted by atomic mass is 16.7. The van der Waals surface area contributed by atoms with E-state index >= 15 is 0 Å². The first kappa shape index (κ1) is 31.0. The zero-order chi connectivity index (χ0) is 25.9. The lowest BCUT2D eigenvalue weighted by Crippen LogP contribution is -2.66. The minimum Gasteiger partial charge on any atom is -0.394 e. The van der Waals surface area contributed by atoms with Crippen molar-refractivity contribution in [3.05, 3.63) is 0 Å². The standard InChI is InChI=1S/C19H40N4O11/c1-19(9-25)16(31)12(28)14(30)18(34-19)33-15(10(26)8-24)11(27)13(29)17(32)23-7-6-22-5-4-21-3-2-20/h10-16,18,21-22,24-31H,2-9,20H2,1H3,(H,23,32). The largest absolute Gasteiger partial charge is 0.394 e. The number of carbonyl (C=O) groups excluding carboxylic acids is 1. The third-order valence-electron chi connectivity index (χ3n) is 5.46. The molecule has 0 aliphatic carbocycles. The van der Waals surface area contributed by atoms with E-state index in [-0.39, 0.29) is 6.54 Å². The molecular weight excluding hydrogens is 460 g/mol. The Bertz CT molecular complexity index is 592. The van der Waals surface area contributed by atoms with E-state index < -0.39 is 73.7 Å². The molecule has 1 fully saturated rings. The number of nitrogens with one attached hydrogen (secondary N) is 3. The van der Waals surface area contributed by atoms with E-state index in [1.807, 2.05) is 0 Å². The summed E-state index contributed by atoms with van der Waals surface area (Å²) >= 11 is 0. The van der Waals surface area contributed by atoms with Gasteiger partial charge in [-0.1, -0.05) is 0 Å². The van der Waals surface area contributed by atoms with E-state index in [0.717, 1.165) is 0 Å². The molecule has 0 bridgehead atoms. The van der Waals surface area contributed by atoms with Gasteiger partial charge in [-0.05, 0) is 6.92 Å². The number of hydrogen-bond acceptors (Lipinski definition) is 14. The number of nitrogens with two attached hydrogens (primary N) is 1. The second-order valence-corrected chi connectivity index (χ2v) is 8.25. The molecule has 1 aliphatic heterocycles.